The minimum absolute atomic E-state index is 0.452. The third kappa shape index (κ3) is 5.66. The van der Waals surface area contributed by atoms with Crippen LogP contribution in [0.1, 0.15) is 26.7 Å². The molecule has 1 aromatic carbocycles. The van der Waals surface area contributed by atoms with Crippen LogP contribution in [0.4, 0.5) is 0 Å². The number of ether oxygens (including phenoxy) is 1. The van der Waals surface area contributed by atoms with Crippen molar-refractivity contribution in [3.63, 3.8) is 0 Å². The van der Waals surface area contributed by atoms with Crippen molar-refractivity contribution in [1.29, 1.82) is 0 Å². The van der Waals surface area contributed by atoms with Crippen molar-refractivity contribution in [1.82, 2.24) is 5.32 Å². The Labute approximate surface area is 124 Å². The van der Waals surface area contributed by atoms with Crippen LogP contribution in [0.3, 0.4) is 0 Å². The van der Waals surface area contributed by atoms with Gasteiger partial charge in [-0.1, -0.05) is 48.7 Å². The summed E-state index contributed by atoms with van der Waals surface area (Å²) in [6.45, 7) is 5.84. The van der Waals surface area contributed by atoms with Crippen molar-refractivity contribution in [2.45, 2.75) is 32.7 Å². The van der Waals surface area contributed by atoms with Gasteiger partial charge in [0.2, 0.25) is 0 Å². The lowest BCUT2D eigenvalue weighted by atomic mass is 10.3. The van der Waals surface area contributed by atoms with E-state index in [2.05, 4.69) is 19.2 Å². The van der Waals surface area contributed by atoms with Crippen molar-refractivity contribution in [2.24, 2.45) is 0 Å². The normalized spacial score (nSPS) is 11.0. The number of hydrogen-bond acceptors (Lipinski definition) is 2. The lowest BCUT2D eigenvalue weighted by Crippen LogP contribution is -2.23. The van der Waals surface area contributed by atoms with Gasteiger partial charge in [-0.05, 0) is 31.5 Å². The first-order valence-electron chi connectivity index (χ1n) is 6.01. The van der Waals surface area contributed by atoms with Crippen molar-refractivity contribution in [2.75, 3.05) is 13.2 Å². The van der Waals surface area contributed by atoms with E-state index in [1.54, 1.807) is 12.1 Å². The van der Waals surface area contributed by atoms with Crippen LogP contribution >= 0.6 is 34.8 Å². The van der Waals surface area contributed by atoms with Crippen molar-refractivity contribution in [3.05, 3.63) is 27.2 Å². The third-order valence-electron chi connectivity index (χ3n) is 2.33. The Morgan fingerprint density at radius 3 is 2.28 bits per heavy atom. The van der Waals surface area contributed by atoms with Crippen molar-refractivity contribution in [3.8, 4) is 5.75 Å². The summed E-state index contributed by atoms with van der Waals surface area (Å²) in [6, 6.07) is 3.78. The zero-order valence-electron chi connectivity index (χ0n) is 10.6. The predicted octanol–water partition coefficient (Wildman–Crippen LogP) is 4.80. The molecule has 0 spiro atoms. The van der Waals surface area contributed by atoms with Crippen molar-refractivity contribution < 1.29 is 4.74 Å². The highest BCUT2D eigenvalue weighted by atomic mass is 35.5. The van der Waals surface area contributed by atoms with Gasteiger partial charge < -0.3 is 10.1 Å². The smallest absolute Gasteiger partial charge is 0.156 e. The van der Waals surface area contributed by atoms with E-state index in [9.17, 15) is 0 Å². The highest BCUT2D eigenvalue weighted by Gasteiger charge is 2.08. The molecule has 0 saturated heterocycles. The van der Waals surface area contributed by atoms with Crippen LogP contribution in [0, 0.1) is 0 Å². The molecule has 0 aromatic heterocycles. The molecule has 0 atom stereocenters. The molecule has 1 rings (SSSR count). The maximum absolute atomic E-state index is 6.01. The molecule has 0 aliphatic rings. The molecule has 0 fully saturated rings. The minimum Gasteiger partial charge on any atom is -0.490 e. The van der Waals surface area contributed by atoms with E-state index in [0.29, 0.717) is 33.5 Å². The van der Waals surface area contributed by atoms with Gasteiger partial charge >= 0.3 is 0 Å². The first-order valence-corrected chi connectivity index (χ1v) is 7.15. The highest BCUT2D eigenvalue weighted by molar-refractivity contribution is 6.40. The summed E-state index contributed by atoms with van der Waals surface area (Å²) in [6.07, 6.45) is 2.01. The summed E-state index contributed by atoms with van der Waals surface area (Å²) in [4.78, 5) is 0. The number of benzene rings is 1. The lowest BCUT2D eigenvalue weighted by Gasteiger charge is -2.11. The molecule has 5 heteroatoms. The van der Waals surface area contributed by atoms with Gasteiger partial charge in [-0.15, -0.1) is 0 Å². The van der Waals surface area contributed by atoms with Crippen molar-refractivity contribution >= 4 is 34.8 Å². The minimum atomic E-state index is 0.452. The second-order valence-electron chi connectivity index (χ2n) is 4.36. The summed E-state index contributed by atoms with van der Waals surface area (Å²) in [5.41, 5.74) is 0. The molecule has 0 heterocycles. The van der Waals surface area contributed by atoms with Gasteiger partial charge in [0.25, 0.3) is 0 Å². The SMILES string of the molecule is CC(C)NCCCCOc1c(Cl)cc(Cl)cc1Cl. The van der Waals surface area contributed by atoms with Gasteiger partial charge in [-0.25, -0.2) is 0 Å². The van der Waals surface area contributed by atoms with Crippen LogP contribution in [0.2, 0.25) is 15.1 Å². The maximum atomic E-state index is 6.01. The van der Waals surface area contributed by atoms with E-state index in [1.807, 2.05) is 0 Å². The van der Waals surface area contributed by atoms with Crippen LogP contribution in [0.15, 0.2) is 12.1 Å². The molecule has 0 aliphatic heterocycles. The fourth-order valence-electron chi connectivity index (χ4n) is 1.46. The lowest BCUT2D eigenvalue weighted by molar-refractivity contribution is 0.305. The van der Waals surface area contributed by atoms with Crippen LogP contribution in [-0.4, -0.2) is 19.2 Å². The second kappa shape index (κ2) is 8.11. The molecule has 18 heavy (non-hydrogen) atoms. The molecule has 0 amide bonds. The van der Waals surface area contributed by atoms with Gasteiger partial charge in [0, 0.05) is 11.1 Å². The number of halogens is 3. The zero-order valence-corrected chi connectivity index (χ0v) is 12.9. The number of rotatable bonds is 7. The van der Waals surface area contributed by atoms with Gasteiger partial charge in [0.05, 0.1) is 16.7 Å². The zero-order chi connectivity index (χ0) is 13.5. The molecule has 2 nitrogen and oxygen atoms in total. The summed E-state index contributed by atoms with van der Waals surface area (Å²) < 4.78 is 5.58. The maximum Gasteiger partial charge on any atom is 0.156 e. The van der Waals surface area contributed by atoms with Gasteiger partial charge in [-0.2, -0.15) is 0 Å². The highest BCUT2D eigenvalue weighted by Crippen LogP contribution is 2.35. The average Bonchev–Trinajstić information content (AvgIpc) is 2.25. The monoisotopic (exact) mass is 309 g/mol. The van der Waals surface area contributed by atoms with Gasteiger partial charge in [0.1, 0.15) is 0 Å². The Morgan fingerprint density at radius 2 is 1.72 bits per heavy atom. The topological polar surface area (TPSA) is 21.3 Å². The predicted molar refractivity (Wildman–Crippen MR) is 79.3 cm³/mol. The Balaban J connectivity index is 2.31. The molecule has 0 aliphatic carbocycles. The Kier molecular flexibility index (Phi) is 7.16. The Morgan fingerprint density at radius 1 is 1.11 bits per heavy atom. The Bertz CT molecular complexity index is 359. The molecular weight excluding hydrogens is 293 g/mol. The summed E-state index contributed by atoms with van der Waals surface area (Å²) in [5.74, 6) is 0.513. The summed E-state index contributed by atoms with van der Waals surface area (Å²) in [5, 5.41) is 4.77. The summed E-state index contributed by atoms with van der Waals surface area (Å²) >= 11 is 17.8. The molecule has 0 bridgehead atoms. The van der Waals surface area contributed by atoms with E-state index >= 15 is 0 Å². The van der Waals surface area contributed by atoms with Crippen LogP contribution < -0.4 is 10.1 Å². The molecule has 0 radical (unpaired) electrons. The molecule has 0 unspecified atom stereocenters. The number of hydrogen-bond donors (Lipinski definition) is 1. The molecule has 1 aromatic rings. The van der Waals surface area contributed by atoms with Gasteiger partial charge in [0.15, 0.2) is 5.75 Å². The second-order valence-corrected chi connectivity index (χ2v) is 5.61. The fourth-order valence-corrected chi connectivity index (χ4v) is 2.38. The molecule has 102 valence electrons. The third-order valence-corrected chi connectivity index (χ3v) is 3.11. The quantitative estimate of drug-likeness (QED) is 0.730. The first kappa shape index (κ1) is 15.9. The first-order chi connectivity index (χ1) is 8.50. The standard InChI is InChI=1S/C13H18Cl3NO/c1-9(2)17-5-3-4-6-18-13-11(15)7-10(14)8-12(13)16/h7-9,17H,3-6H2,1-2H3. The fraction of sp³-hybridized carbons (Fsp3) is 0.538. The molecule has 0 saturated carbocycles. The van der Waals surface area contributed by atoms with E-state index in [-0.39, 0.29) is 0 Å². The largest absolute Gasteiger partial charge is 0.490 e. The van der Waals surface area contributed by atoms with Crippen LogP contribution in [0.5, 0.6) is 5.75 Å². The average molecular weight is 311 g/mol. The van der Waals surface area contributed by atoms with Crippen LogP contribution in [0.25, 0.3) is 0 Å². The van der Waals surface area contributed by atoms with Crippen LogP contribution in [-0.2, 0) is 0 Å². The number of nitrogens with one attached hydrogen (secondary N) is 1. The molecular formula is C13H18Cl3NO. The van der Waals surface area contributed by atoms with E-state index < -0.39 is 0 Å². The number of unbranched alkanes of at least 4 members (excludes halogenated alkanes) is 1. The van der Waals surface area contributed by atoms with E-state index in [1.165, 1.54) is 0 Å². The Hall–Kier alpha value is -0.150. The molecule has 1 N–H and O–H groups in total. The van der Waals surface area contributed by atoms with Gasteiger partial charge in [-0.3, -0.25) is 0 Å². The van der Waals surface area contributed by atoms with E-state index in [4.69, 9.17) is 39.5 Å². The van der Waals surface area contributed by atoms with E-state index in [0.717, 1.165) is 19.4 Å². The summed E-state index contributed by atoms with van der Waals surface area (Å²) in [7, 11) is 0.